The van der Waals surface area contributed by atoms with E-state index in [1.165, 1.54) is 6.26 Å². The highest BCUT2D eigenvalue weighted by atomic mass is 32.2. The van der Waals surface area contributed by atoms with E-state index in [-0.39, 0.29) is 0 Å². The second-order valence-electron chi connectivity index (χ2n) is 3.10. The zero-order valence-electron chi connectivity index (χ0n) is 10.9. The van der Waals surface area contributed by atoms with E-state index >= 15 is 0 Å². The van der Waals surface area contributed by atoms with Gasteiger partial charge in [0, 0.05) is 13.2 Å². The van der Waals surface area contributed by atoms with Crippen molar-refractivity contribution in [3.8, 4) is 0 Å². The largest absolute Gasteiger partial charge is 0.481 e. The molecule has 0 atom stereocenters. The predicted octanol–water partition coefficient (Wildman–Crippen LogP) is 2.52. The minimum absolute atomic E-state index is 0.378. The average Bonchev–Trinajstić information content (AvgIpc) is 2.19. The topological polar surface area (TPSA) is 71.4 Å². The molecule has 0 aliphatic heterocycles. The van der Waals surface area contributed by atoms with E-state index < -0.39 is 15.8 Å². The monoisotopic (exact) mass is 260 g/mol. The van der Waals surface area contributed by atoms with E-state index in [1.807, 2.05) is 20.8 Å². The summed E-state index contributed by atoms with van der Waals surface area (Å²) in [6, 6.07) is 6.81. The first-order valence-corrected chi connectivity index (χ1v) is 7.09. The molecule has 0 aliphatic rings. The zero-order valence-corrected chi connectivity index (χ0v) is 11.7. The molecular weight excluding hydrogens is 240 g/mol. The van der Waals surface area contributed by atoms with Crippen LogP contribution in [0.15, 0.2) is 29.2 Å². The van der Waals surface area contributed by atoms with Gasteiger partial charge in [-0.3, -0.25) is 4.79 Å². The van der Waals surface area contributed by atoms with Crippen LogP contribution in [0.1, 0.15) is 26.3 Å². The lowest BCUT2D eigenvalue weighted by atomic mass is 10.2. The van der Waals surface area contributed by atoms with Gasteiger partial charge in [-0.1, -0.05) is 31.5 Å². The molecule has 0 saturated heterocycles. The molecule has 0 amide bonds. The number of carbonyl (C=O) groups is 1. The van der Waals surface area contributed by atoms with Gasteiger partial charge in [-0.25, -0.2) is 8.42 Å². The van der Waals surface area contributed by atoms with Gasteiger partial charge in [0.15, 0.2) is 9.84 Å². The van der Waals surface area contributed by atoms with Crippen LogP contribution >= 0.6 is 0 Å². The van der Waals surface area contributed by atoms with Crippen molar-refractivity contribution in [3.05, 3.63) is 29.8 Å². The van der Waals surface area contributed by atoms with Crippen molar-refractivity contribution in [2.24, 2.45) is 0 Å². The fraction of sp³-hybridized carbons (Fsp3) is 0.417. The molecule has 0 spiro atoms. The molecule has 0 bridgehead atoms. The number of benzene rings is 1. The van der Waals surface area contributed by atoms with Crippen LogP contribution in [0, 0.1) is 6.92 Å². The number of hydrogen-bond acceptors (Lipinski definition) is 3. The second kappa shape index (κ2) is 8.75. The van der Waals surface area contributed by atoms with E-state index in [1.54, 1.807) is 24.3 Å². The number of carboxylic acids is 1. The molecular formula is C12H20O4S. The van der Waals surface area contributed by atoms with E-state index in [0.29, 0.717) is 4.90 Å². The van der Waals surface area contributed by atoms with Crippen LogP contribution in [0.25, 0.3) is 0 Å². The predicted molar refractivity (Wildman–Crippen MR) is 68.9 cm³/mol. The maximum Gasteiger partial charge on any atom is 0.300 e. The minimum atomic E-state index is -3.02. The lowest BCUT2D eigenvalue weighted by Gasteiger charge is -1.96. The maximum atomic E-state index is 10.9. The molecule has 0 aliphatic carbocycles. The van der Waals surface area contributed by atoms with Gasteiger partial charge in [0.2, 0.25) is 0 Å². The van der Waals surface area contributed by atoms with Crippen LogP contribution in [0.4, 0.5) is 0 Å². The van der Waals surface area contributed by atoms with Crippen molar-refractivity contribution in [2.45, 2.75) is 32.6 Å². The molecule has 0 saturated carbocycles. The standard InChI is InChI=1S/C8H10O2S.C2H4O2.C2H6/c1-7-3-5-8(6-4-7)11(2,9)10;1-2(3)4;1-2/h3-6H,1-2H3;1H3,(H,3,4);1-2H3. The second-order valence-corrected chi connectivity index (χ2v) is 5.12. The fourth-order valence-corrected chi connectivity index (χ4v) is 1.42. The lowest BCUT2D eigenvalue weighted by Crippen LogP contribution is -1.95. The number of aryl methyl sites for hydroxylation is 1. The molecule has 0 aromatic heterocycles. The maximum absolute atomic E-state index is 10.9. The molecule has 1 aromatic rings. The van der Waals surface area contributed by atoms with Gasteiger partial charge in [-0.05, 0) is 19.1 Å². The number of carboxylic acid groups (broad SMARTS) is 1. The summed E-state index contributed by atoms with van der Waals surface area (Å²) in [4.78, 5) is 9.38. The smallest absolute Gasteiger partial charge is 0.300 e. The van der Waals surface area contributed by atoms with Gasteiger partial charge in [-0.2, -0.15) is 0 Å². The first kappa shape index (κ1) is 18.0. The lowest BCUT2D eigenvalue weighted by molar-refractivity contribution is -0.134. The first-order valence-electron chi connectivity index (χ1n) is 5.19. The van der Waals surface area contributed by atoms with Crippen LogP contribution in [0.2, 0.25) is 0 Å². The quantitative estimate of drug-likeness (QED) is 0.842. The Morgan fingerprint density at radius 1 is 1.12 bits per heavy atom. The summed E-state index contributed by atoms with van der Waals surface area (Å²) in [5, 5.41) is 7.42. The molecule has 0 radical (unpaired) electrons. The molecule has 4 nitrogen and oxygen atoms in total. The summed E-state index contributed by atoms with van der Waals surface area (Å²) in [5.74, 6) is -0.833. The molecule has 0 fully saturated rings. The van der Waals surface area contributed by atoms with Crippen molar-refractivity contribution >= 4 is 15.8 Å². The number of sulfone groups is 1. The van der Waals surface area contributed by atoms with Crippen molar-refractivity contribution in [2.75, 3.05) is 6.26 Å². The number of hydrogen-bond donors (Lipinski definition) is 1. The van der Waals surface area contributed by atoms with Crippen LogP contribution in [-0.4, -0.2) is 25.7 Å². The van der Waals surface area contributed by atoms with Crippen LogP contribution in [0.3, 0.4) is 0 Å². The summed E-state index contributed by atoms with van der Waals surface area (Å²) in [7, 11) is -3.02. The fourth-order valence-electron chi connectivity index (χ4n) is 0.785. The Hall–Kier alpha value is -1.36. The average molecular weight is 260 g/mol. The molecule has 0 heterocycles. The SMILES string of the molecule is CC.CC(=O)O.Cc1ccc(S(C)(=O)=O)cc1. The molecule has 5 heteroatoms. The molecule has 0 unspecified atom stereocenters. The van der Waals surface area contributed by atoms with E-state index in [4.69, 9.17) is 9.90 Å². The first-order chi connectivity index (χ1) is 7.73. The van der Waals surface area contributed by atoms with Gasteiger partial charge < -0.3 is 5.11 Å². The number of aliphatic carboxylic acids is 1. The Kier molecular flexibility index (Phi) is 9.28. The third kappa shape index (κ3) is 10.9. The molecule has 1 aromatic carbocycles. The van der Waals surface area contributed by atoms with Crippen LogP contribution < -0.4 is 0 Å². The summed E-state index contributed by atoms with van der Waals surface area (Å²) < 4.78 is 21.9. The highest BCUT2D eigenvalue weighted by molar-refractivity contribution is 7.90. The summed E-state index contributed by atoms with van der Waals surface area (Å²) in [6.45, 7) is 7.01. The summed E-state index contributed by atoms with van der Waals surface area (Å²) >= 11 is 0. The van der Waals surface area contributed by atoms with E-state index in [2.05, 4.69) is 0 Å². The van der Waals surface area contributed by atoms with Crippen molar-refractivity contribution in [1.82, 2.24) is 0 Å². The van der Waals surface area contributed by atoms with Crippen LogP contribution in [0.5, 0.6) is 0 Å². The zero-order chi connectivity index (χ0) is 14.1. The molecule has 98 valence electrons. The highest BCUT2D eigenvalue weighted by Gasteiger charge is 2.04. The van der Waals surface area contributed by atoms with Gasteiger partial charge in [-0.15, -0.1) is 0 Å². The molecule has 17 heavy (non-hydrogen) atoms. The molecule has 1 N–H and O–H groups in total. The summed E-state index contributed by atoms with van der Waals surface area (Å²) in [5.41, 5.74) is 1.07. The van der Waals surface area contributed by atoms with E-state index in [0.717, 1.165) is 12.5 Å². The van der Waals surface area contributed by atoms with Gasteiger partial charge in [0.1, 0.15) is 0 Å². The summed E-state index contributed by atoms with van der Waals surface area (Å²) in [6.07, 6.45) is 1.21. The van der Waals surface area contributed by atoms with Crippen LogP contribution in [-0.2, 0) is 14.6 Å². The van der Waals surface area contributed by atoms with E-state index in [9.17, 15) is 8.42 Å². The Morgan fingerprint density at radius 2 is 1.41 bits per heavy atom. The molecule has 1 rings (SSSR count). The Bertz CT molecular complexity index is 414. The van der Waals surface area contributed by atoms with Gasteiger partial charge >= 0.3 is 0 Å². The number of rotatable bonds is 1. The van der Waals surface area contributed by atoms with Crippen molar-refractivity contribution in [3.63, 3.8) is 0 Å². The Labute approximate surface area is 103 Å². The van der Waals surface area contributed by atoms with Crippen molar-refractivity contribution < 1.29 is 18.3 Å². The van der Waals surface area contributed by atoms with Gasteiger partial charge in [0.25, 0.3) is 5.97 Å². The third-order valence-corrected chi connectivity index (χ3v) is 2.58. The Balaban J connectivity index is 0. The van der Waals surface area contributed by atoms with Crippen molar-refractivity contribution in [1.29, 1.82) is 0 Å². The highest BCUT2D eigenvalue weighted by Crippen LogP contribution is 2.08. The van der Waals surface area contributed by atoms with Gasteiger partial charge in [0.05, 0.1) is 4.90 Å². The minimum Gasteiger partial charge on any atom is -0.481 e. The third-order valence-electron chi connectivity index (χ3n) is 1.45. The normalized spacial score (nSPS) is 9.24. The Morgan fingerprint density at radius 3 is 1.65 bits per heavy atom.